The lowest BCUT2D eigenvalue weighted by molar-refractivity contribution is 0.370. The number of fused-ring (bicyclic) bond motifs is 3. The van der Waals surface area contributed by atoms with Gasteiger partial charge in [0.05, 0.1) is 15.7 Å². The van der Waals surface area contributed by atoms with Crippen molar-refractivity contribution in [1.82, 2.24) is 19.4 Å². The lowest BCUT2D eigenvalue weighted by Crippen LogP contribution is -2.23. The van der Waals surface area contributed by atoms with Crippen LogP contribution in [0.25, 0.3) is 26.8 Å². The fraction of sp³-hybridized carbons (Fsp3) is 0.474. The van der Waals surface area contributed by atoms with Gasteiger partial charge in [-0.15, -0.1) is 11.3 Å². The molecule has 0 unspecified atom stereocenters. The molecule has 4 heterocycles. The number of aryl methyl sites for hydroxylation is 2. The zero-order valence-electron chi connectivity index (χ0n) is 15.2. The van der Waals surface area contributed by atoms with E-state index in [4.69, 9.17) is 10.7 Å². The minimum absolute atomic E-state index is 0.544. The fourth-order valence-corrected chi connectivity index (χ4v) is 4.76. The number of hydrogen-bond donors (Lipinski definition) is 1. The van der Waals surface area contributed by atoms with Crippen LogP contribution in [0.5, 0.6) is 0 Å². The minimum Gasteiger partial charge on any atom is -0.382 e. The summed E-state index contributed by atoms with van der Waals surface area (Å²) in [6.07, 6.45) is 6.72. The molecule has 5 nitrogen and oxygen atoms in total. The Hall–Kier alpha value is -1.92. The Balaban J connectivity index is 1.86. The highest BCUT2D eigenvalue weighted by molar-refractivity contribution is 7.20. The molecule has 0 spiro atoms. The lowest BCUT2D eigenvalue weighted by atomic mass is 10.1. The van der Waals surface area contributed by atoms with Gasteiger partial charge in [-0.05, 0) is 31.5 Å². The molecule has 0 atom stereocenters. The van der Waals surface area contributed by atoms with Crippen molar-refractivity contribution in [3.05, 3.63) is 22.8 Å². The second kappa shape index (κ2) is 6.42. The lowest BCUT2D eigenvalue weighted by Gasteiger charge is -2.21. The van der Waals surface area contributed by atoms with Crippen molar-refractivity contribution in [2.45, 2.75) is 32.6 Å². The summed E-state index contributed by atoms with van der Waals surface area (Å²) >= 11 is 1.83. The molecule has 4 rings (SSSR count). The largest absolute Gasteiger partial charge is 0.382 e. The van der Waals surface area contributed by atoms with Gasteiger partial charge < -0.3 is 15.2 Å². The van der Waals surface area contributed by atoms with Crippen LogP contribution in [-0.2, 0) is 13.5 Å². The molecule has 0 fully saturated rings. The van der Waals surface area contributed by atoms with Crippen LogP contribution in [-0.4, -0.2) is 39.6 Å². The molecule has 6 heteroatoms. The maximum absolute atomic E-state index is 6.24. The monoisotopic (exact) mass is 355 g/mol. The summed E-state index contributed by atoms with van der Waals surface area (Å²) in [7, 11) is 4.27. The summed E-state index contributed by atoms with van der Waals surface area (Å²) in [5.41, 5.74) is 10.7. The smallest absolute Gasteiger partial charge is 0.152 e. The average Bonchev–Trinajstić information content (AvgIpc) is 3.15. The molecule has 0 saturated heterocycles. The number of imidazole rings is 1. The molecule has 0 aromatic carbocycles. The molecule has 0 saturated carbocycles. The minimum atomic E-state index is 0.544. The van der Waals surface area contributed by atoms with Crippen LogP contribution in [0.2, 0.25) is 0 Å². The number of nitrogen functional groups attached to an aromatic ring is 1. The van der Waals surface area contributed by atoms with E-state index in [9.17, 15) is 0 Å². The number of likely N-dealkylation sites (N-methyl/N-ethyl adjacent to an activating group) is 1. The highest BCUT2D eigenvalue weighted by Gasteiger charge is 2.19. The Morgan fingerprint density at radius 2 is 2.12 bits per heavy atom. The van der Waals surface area contributed by atoms with E-state index in [1.54, 1.807) is 0 Å². The van der Waals surface area contributed by atoms with Gasteiger partial charge in [-0.3, -0.25) is 0 Å². The molecule has 0 amide bonds. The third kappa shape index (κ3) is 2.83. The number of unbranched alkanes of at least 4 members (excludes halogenated alkanes) is 1. The van der Waals surface area contributed by atoms with Crippen molar-refractivity contribution >= 4 is 44.0 Å². The maximum Gasteiger partial charge on any atom is 0.152 e. The molecule has 3 aromatic heterocycles. The SMILES string of the molecule is CCCCc1nc2c(N)nc3cc(C4=CCN(C)CC4)sc3c2n1C. The number of pyridine rings is 1. The van der Waals surface area contributed by atoms with Crippen LogP contribution in [0, 0.1) is 0 Å². The summed E-state index contributed by atoms with van der Waals surface area (Å²) in [4.78, 5) is 13.1. The first kappa shape index (κ1) is 16.5. The van der Waals surface area contributed by atoms with Gasteiger partial charge in [0.25, 0.3) is 0 Å². The Bertz CT molecular complexity index is 965. The van der Waals surface area contributed by atoms with E-state index in [0.29, 0.717) is 5.82 Å². The molecule has 3 aromatic rings. The summed E-state index contributed by atoms with van der Waals surface area (Å²) < 4.78 is 3.42. The van der Waals surface area contributed by atoms with Crippen molar-refractivity contribution in [3.8, 4) is 0 Å². The number of anilines is 1. The fourth-order valence-electron chi connectivity index (χ4n) is 3.51. The average molecular weight is 356 g/mol. The van der Waals surface area contributed by atoms with E-state index in [0.717, 1.165) is 61.1 Å². The summed E-state index contributed by atoms with van der Waals surface area (Å²) in [6.45, 7) is 4.33. The van der Waals surface area contributed by atoms with E-state index < -0.39 is 0 Å². The Kier molecular flexibility index (Phi) is 4.25. The maximum atomic E-state index is 6.24. The zero-order valence-corrected chi connectivity index (χ0v) is 16.0. The number of aromatic nitrogens is 3. The Labute approximate surface area is 152 Å². The van der Waals surface area contributed by atoms with Gasteiger partial charge in [-0.2, -0.15) is 0 Å². The van der Waals surface area contributed by atoms with E-state index >= 15 is 0 Å². The predicted molar refractivity (Wildman–Crippen MR) is 107 cm³/mol. The number of rotatable bonds is 4. The van der Waals surface area contributed by atoms with Crippen LogP contribution in [0.3, 0.4) is 0 Å². The predicted octanol–water partition coefficient (Wildman–Crippen LogP) is 3.83. The third-order valence-electron chi connectivity index (χ3n) is 5.08. The van der Waals surface area contributed by atoms with Gasteiger partial charge in [-0.1, -0.05) is 19.4 Å². The molecular formula is C19H25N5S. The Morgan fingerprint density at radius 3 is 2.84 bits per heavy atom. The molecule has 1 aliphatic rings. The topological polar surface area (TPSA) is 60.0 Å². The van der Waals surface area contributed by atoms with Gasteiger partial charge in [0.1, 0.15) is 11.3 Å². The first-order valence-electron chi connectivity index (χ1n) is 9.00. The van der Waals surface area contributed by atoms with E-state index in [1.807, 2.05) is 11.3 Å². The van der Waals surface area contributed by atoms with Crippen molar-refractivity contribution < 1.29 is 0 Å². The molecule has 0 aliphatic carbocycles. The summed E-state index contributed by atoms with van der Waals surface area (Å²) in [5, 5.41) is 0. The normalized spacial score (nSPS) is 16.0. The van der Waals surface area contributed by atoms with Crippen molar-refractivity contribution in [3.63, 3.8) is 0 Å². The van der Waals surface area contributed by atoms with Gasteiger partial charge in [-0.25, -0.2) is 9.97 Å². The van der Waals surface area contributed by atoms with Gasteiger partial charge in [0.2, 0.25) is 0 Å². The van der Waals surface area contributed by atoms with Gasteiger partial charge in [0, 0.05) is 31.4 Å². The third-order valence-corrected chi connectivity index (χ3v) is 6.29. The van der Waals surface area contributed by atoms with Crippen molar-refractivity contribution in [2.75, 3.05) is 25.9 Å². The molecular weight excluding hydrogens is 330 g/mol. The molecule has 0 bridgehead atoms. The molecule has 0 radical (unpaired) electrons. The van der Waals surface area contributed by atoms with Crippen molar-refractivity contribution in [2.24, 2.45) is 7.05 Å². The number of thiophene rings is 1. The van der Waals surface area contributed by atoms with Crippen LogP contribution >= 0.6 is 11.3 Å². The second-order valence-corrected chi connectivity index (χ2v) is 8.00. The Morgan fingerprint density at radius 1 is 1.28 bits per heavy atom. The van der Waals surface area contributed by atoms with Crippen LogP contribution < -0.4 is 5.73 Å². The van der Waals surface area contributed by atoms with Crippen LogP contribution in [0.15, 0.2) is 12.1 Å². The molecule has 1 aliphatic heterocycles. The first-order valence-corrected chi connectivity index (χ1v) is 9.82. The first-order chi connectivity index (χ1) is 12.1. The number of nitrogens with zero attached hydrogens (tertiary/aromatic N) is 4. The zero-order chi connectivity index (χ0) is 17.6. The molecule has 2 N–H and O–H groups in total. The highest BCUT2D eigenvalue weighted by Crippen LogP contribution is 2.38. The second-order valence-electron chi connectivity index (χ2n) is 6.95. The standard InChI is InChI=1S/C19H25N5S/c1-4-5-6-15-22-16-17(24(15)3)18-13(21-19(16)20)11-14(25-18)12-7-9-23(2)10-8-12/h7,11H,4-6,8-10H2,1-3H3,(H2,20,21). The quantitative estimate of drug-likeness (QED) is 0.773. The number of hydrogen-bond acceptors (Lipinski definition) is 5. The van der Waals surface area contributed by atoms with Crippen LogP contribution in [0.4, 0.5) is 5.82 Å². The van der Waals surface area contributed by atoms with Gasteiger partial charge in [0.15, 0.2) is 5.82 Å². The number of nitrogens with two attached hydrogens (primary N) is 1. The highest BCUT2D eigenvalue weighted by atomic mass is 32.1. The summed E-state index contributed by atoms with van der Waals surface area (Å²) in [6, 6.07) is 2.20. The van der Waals surface area contributed by atoms with Crippen molar-refractivity contribution in [1.29, 1.82) is 0 Å². The van der Waals surface area contributed by atoms with Crippen LogP contribution in [0.1, 0.15) is 36.9 Å². The van der Waals surface area contributed by atoms with E-state index in [-0.39, 0.29) is 0 Å². The summed E-state index contributed by atoms with van der Waals surface area (Å²) in [5.74, 6) is 1.65. The molecule has 132 valence electrons. The molecule has 25 heavy (non-hydrogen) atoms. The van der Waals surface area contributed by atoms with E-state index in [1.165, 1.54) is 15.2 Å². The van der Waals surface area contributed by atoms with Gasteiger partial charge >= 0.3 is 0 Å². The van der Waals surface area contributed by atoms with E-state index in [2.05, 4.69) is 47.6 Å².